The number of nitrogens with zero attached hydrogens (tertiary/aromatic N) is 2. The quantitative estimate of drug-likeness (QED) is 0.827. The normalized spacial score (nSPS) is 20.9. The van der Waals surface area contributed by atoms with Gasteiger partial charge in [0.1, 0.15) is 6.10 Å². The van der Waals surface area contributed by atoms with Crippen molar-refractivity contribution in [1.29, 1.82) is 0 Å². The summed E-state index contributed by atoms with van der Waals surface area (Å²) in [5, 5.41) is 2.83. The average molecular weight is 422 g/mol. The smallest absolute Gasteiger partial charge is 0.318 e. The summed E-state index contributed by atoms with van der Waals surface area (Å²) < 4.78 is 6.06. The van der Waals surface area contributed by atoms with Crippen molar-refractivity contribution in [3.63, 3.8) is 0 Å². The van der Waals surface area contributed by atoms with Gasteiger partial charge in [-0.05, 0) is 49.4 Å². The van der Waals surface area contributed by atoms with Gasteiger partial charge in [0.05, 0.1) is 25.7 Å². The van der Waals surface area contributed by atoms with Gasteiger partial charge in [0.2, 0.25) is 5.91 Å². The lowest BCUT2D eigenvalue weighted by Gasteiger charge is -2.39. The Balaban J connectivity index is 1.35. The van der Waals surface area contributed by atoms with Crippen molar-refractivity contribution in [2.24, 2.45) is 0 Å². The zero-order chi connectivity index (χ0) is 22.0. The van der Waals surface area contributed by atoms with Crippen molar-refractivity contribution in [3.8, 4) is 0 Å². The van der Waals surface area contributed by atoms with Crippen LogP contribution >= 0.6 is 0 Å². The lowest BCUT2D eigenvalue weighted by molar-refractivity contribution is -0.143. The summed E-state index contributed by atoms with van der Waals surface area (Å²) in [7, 11) is 0. The van der Waals surface area contributed by atoms with Gasteiger partial charge >= 0.3 is 6.03 Å². The highest BCUT2D eigenvalue weighted by Gasteiger charge is 2.31. The van der Waals surface area contributed by atoms with Crippen LogP contribution < -0.4 is 5.32 Å². The number of rotatable bonds is 3. The molecule has 2 unspecified atom stereocenters. The van der Waals surface area contributed by atoms with Crippen molar-refractivity contribution in [3.05, 3.63) is 70.3 Å². The van der Waals surface area contributed by atoms with E-state index in [1.54, 1.807) is 4.90 Å². The van der Waals surface area contributed by atoms with Crippen molar-refractivity contribution in [2.45, 2.75) is 45.9 Å². The number of aryl methyl sites for hydroxylation is 2. The highest BCUT2D eigenvalue weighted by molar-refractivity contribution is 5.84. The molecule has 0 radical (unpaired) electrons. The van der Waals surface area contributed by atoms with E-state index < -0.39 is 0 Å². The highest BCUT2D eigenvalue weighted by Crippen LogP contribution is 2.28. The van der Waals surface area contributed by atoms with Crippen LogP contribution in [0.5, 0.6) is 0 Å². The van der Waals surface area contributed by atoms with E-state index in [0.29, 0.717) is 26.2 Å². The minimum atomic E-state index is -0.185. The van der Waals surface area contributed by atoms with Crippen LogP contribution in [0.1, 0.15) is 40.8 Å². The van der Waals surface area contributed by atoms with Crippen molar-refractivity contribution in [1.82, 2.24) is 15.1 Å². The van der Waals surface area contributed by atoms with Gasteiger partial charge in [-0.2, -0.15) is 0 Å². The number of hydrogen-bond acceptors (Lipinski definition) is 3. The van der Waals surface area contributed by atoms with Gasteiger partial charge in [-0.1, -0.05) is 48.0 Å². The molecule has 4 rings (SSSR count). The Kier molecular flexibility index (Phi) is 6.28. The van der Waals surface area contributed by atoms with Gasteiger partial charge in [-0.15, -0.1) is 0 Å². The van der Waals surface area contributed by atoms with E-state index in [-0.39, 0.29) is 30.6 Å². The van der Waals surface area contributed by atoms with Crippen LogP contribution in [-0.2, 0) is 22.5 Å². The predicted octanol–water partition coefficient (Wildman–Crippen LogP) is 3.36. The van der Waals surface area contributed by atoms with Crippen molar-refractivity contribution >= 4 is 11.9 Å². The molecule has 2 aromatic rings. The summed E-state index contributed by atoms with van der Waals surface area (Å²) in [5.41, 5.74) is 5.93. The number of urea groups is 1. The Labute approximate surface area is 184 Å². The number of hydrogen-bond donors (Lipinski definition) is 1. The van der Waals surface area contributed by atoms with Crippen LogP contribution in [0.2, 0.25) is 0 Å². The second-order valence-electron chi connectivity index (χ2n) is 8.68. The molecule has 2 heterocycles. The molecule has 3 amide bonds. The molecule has 1 saturated heterocycles. The first-order valence-corrected chi connectivity index (χ1v) is 11.0. The minimum absolute atomic E-state index is 0.000833. The van der Waals surface area contributed by atoms with Gasteiger partial charge in [0, 0.05) is 13.1 Å². The summed E-state index contributed by atoms with van der Waals surface area (Å²) in [6.07, 6.45) is 0.699. The number of morpholine rings is 1. The van der Waals surface area contributed by atoms with E-state index in [1.807, 2.05) is 24.0 Å². The molecule has 1 N–H and O–H groups in total. The maximum atomic E-state index is 13.0. The van der Waals surface area contributed by atoms with E-state index in [0.717, 1.165) is 17.5 Å². The van der Waals surface area contributed by atoms with E-state index in [1.165, 1.54) is 16.7 Å². The van der Waals surface area contributed by atoms with Crippen LogP contribution in [0, 0.1) is 13.8 Å². The standard InChI is InChI=1S/C25H31N3O3/c1-17-8-9-18(2)22(12-17)23-15-28(19(3)16-31-23)24(29)13-26-25(30)27-11-10-20-6-4-5-7-21(20)14-27/h4-9,12,19,23H,10-11,13-16H2,1-3H3,(H,26,30). The molecule has 31 heavy (non-hydrogen) atoms. The number of carbonyl (C=O) groups excluding carboxylic acids is 2. The zero-order valence-corrected chi connectivity index (χ0v) is 18.6. The first kappa shape index (κ1) is 21.4. The fourth-order valence-corrected chi connectivity index (χ4v) is 4.43. The van der Waals surface area contributed by atoms with E-state index in [4.69, 9.17) is 4.74 Å². The molecule has 6 heteroatoms. The van der Waals surface area contributed by atoms with Gasteiger partial charge in [-0.25, -0.2) is 4.79 Å². The lowest BCUT2D eigenvalue weighted by Crippen LogP contribution is -2.52. The maximum absolute atomic E-state index is 13.0. The summed E-state index contributed by atoms with van der Waals surface area (Å²) >= 11 is 0. The molecule has 2 atom stereocenters. The van der Waals surface area contributed by atoms with E-state index >= 15 is 0 Å². The first-order chi connectivity index (χ1) is 14.9. The van der Waals surface area contributed by atoms with Crippen LogP contribution in [-0.4, -0.2) is 54.0 Å². The number of carbonyl (C=O) groups is 2. The van der Waals surface area contributed by atoms with Gasteiger partial charge < -0.3 is 19.9 Å². The molecule has 0 spiro atoms. The Bertz CT molecular complexity index is 974. The molecular formula is C25H31N3O3. The number of fused-ring (bicyclic) bond motifs is 1. The largest absolute Gasteiger partial charge is 0.370 e. The minimum Gasteiger partial charge on any atom is -0.370 e. The third-order valence-corrected chi connectivity index (χ3v) is 6.34. The third kappa shape index (κ3) is 4.74. The Morgan fingerprint density at radius 3 is 2.71 bits per heavy atom. The lowest BCUT2D eigenvalue weighted by atomic mass is 9.99. The van der Waals surface area contributed by atoms with Crippen LogP contribution in [0.3, 0.4) is 0 Å². The SMILES string of the molecule is Cc1ccc(C)c(C2CN(C(=O)CNC(=O)N3CCc4ccccc4C3)C(C)CO2)c1. The van der Waals surface area contributed by atoms with E-state index in [9.17, 15) is 9.59 Å². The zero-order valence-electron chi connectivity index (χ0n) is 18.6. The summed E-state index contributed by atoms with van der Waals surface area (Å²) in [5.74, 6) is -0.0723. The number of nitrogens with one attached hydrogen (secondary N) is 1. The van der Waals surface area contributed by atoms with Gasteiger partial charge in [0.25, 0.3) is 0 Å². The molecule has 0 saturated carbocycles. The van der Waals surface area contributed by atoms with Crippen molar-refractivity contribution < 1.29 is 14.3 Å². The van der Waals surface area contributed by atoms with Crippen molar-refractivity contribution in [2.75, 3.05) is 26.2 Å². The molecular weight excluding hydrogens is 390 g/mol. The Hall–Kier alpha value is -2.86. The average Bonchev–Trinajstić information content (AvgIpc) is 2.79. The topological polar surface area (TPSA) is 61.9 Å². The fraction of sp³-hybridized carbons (Fsp3) is 0.440. The Morgan fingerprint density at radius 1 is 1.13 bits per heavy atom. The Morgan fingerprint density at radius 2 is 1.90 bits per heavy atom. The van der Waals surface area contributed by atoms with Gasteiger partial charge in [0.15, 0.2) is 0 Å². The molecule has 2 aliphatic rings. The first-order valence-electron chi connectivity index (χ1n) is 11.0. The predicted molar refractivity (Wildman–Crippen MR) is 120 cm³/mol. The number of benzene rings is 2. The molecule has 6 nitrogen and oxygen atoms in total. The highest BCUT2D eigenvalue weighted by atomic mass is 16.5. The van der Waals surface area contributed by atoms with Gasteiger partial charge in [-0.3, -0.25) is 4.79 Å². The summed E-state index contributed by atoms with van der Waals surface area (Å²) in [6.45, 7) is 8.35. The van der Waals surface area contributed by atoms with Crippen LogP contribution in [0.4, 0.5) is 4.79 Å². The van der Waals surface area contributed by atoms with E-state index in [2.05, 4.69) is 49.5 Å². The monoisotopic (exact) mass is 421 g/mol. The molecule has 2 aliphatic heterocycles. The maximum Gasteiger partial charge on any atom is 0.318 e. The number of ether oxygens (including phenoxy) is 1. The number of amides is 3. The fourth-order valence-electron chi connectivity index (χ4n) is 4.43. The molecule has 0 aromatic heterocycles. The molecule has 2 aromatic carbocycles. The summed E-state index contributed by atoms with van der Waals surface area (Å²) in [4.78, 5) is 29.2. The molecule has 0 bridgehead atoms. The molecule has 164 valence electrons. The third-order valence-electron chi connectivity index (χ3n) is 6.34. The van der Waals surface area contributed by atoms with Crippen LogP contribution in [0.15, 0.2) is 42.5 Å². The molecule has 0 aliphatic carbocycles. The molecule has 1 fully saturated rings. The van der Waals surface area contributed by atoms with Crippen LogP contribution in [0.25, 0.3) is 0 Å². The second-order valence-corrected chi connectivity index (χ2v) is 8.68. The summed E-state index contributed by atoms with van der Waals surface area (Å²) in [6, 6.07) is 14.3. The second kappa shape index (κ2) is 9.10.